The minimum absolute atomic E-state index is 0. The molecule has 1 aliphatic rings. The van der Waals surface area contributed by atoms with Crippen molar-refractivity contribution in [3.63, 3.8) is 0 Å². The third kappa shape index (κ3) is 6.28. The largest absolute Gasteiger partial charge is 0.358 e. The SMILES string of the molecule is C[C](C)=[Zr].[CH3-].[c-]1cccc2c1Cc1ccccc1-2.c1cc[cH-]c1. The molecule has 0 aliphatic heterocycles. The van der Waals surface area contributed by atoms with E-state index >= 15 is 0 Å². The molecule has 1 aliphatic carbocycles. The second-order valence-corrected chi connectivity index (χ2v) is 7.82. The molecule has 0 saturated carbocycles. The van der Waals surface area contributed by atoms with Crippen LogP contribution in [0.15, 0.2) is 72.8 Å². The van der Waals surface area contributed by atoms with Crippen molar-refractivity contribution in [2.45, 2.75) is 20.3 Å². The predicted octanol–water partition coefficient (Wildman–Crippen LogP) is 5.66. The normalized spacial score (nSPS) is 9.78. The van der Waals surface area contributed by atoms with Crippen molar-refractivity contribution in [3.05, 3.63) is 97.4 Å². The molecule has 0 N–H and O–H groups in total. The van der Waals surface area contributed by atoms with Gasteiger partial charge in [0.2, 0.25) is 0 Å². The van der Waals surface area contributed by atoms with Gasteiger partial charge in [0, 0.05) is 0 Å². The molecule has 0 fully saturated rings. The fourth-order valence-electron chi connectivity index (χ4n) is 2.32. The Morgan fingerprint density at radius 1 is 0.957 bits per heavy atom. The van der Waals surface area contributed by atoms with E-state index in [1.54, 1.807) is 24.2 Å². The predicted molar refractivity (Wildman–Crippen MR) is 98.3 cm³/mol. The molecular formula is C22H23Zr-3. The summed E-state index contributed by atoms with van der Waals surface area (Å²) in [5.41, 5.74) is 5.51. The third-order valence-electron chi connectivity index (χ3n) is 3.17. The zero-order valence-corrected chi connectivity index (χ0v) is 16.6. The molecule has 0 saturated heterocycles. The molecule has 23 heavy (non-hydrogen) atoms. The summed E-state index contributed by atoms with van der Waals surface area (Å²) in [6.45, 7) is 4.25. The average Bonchev–Trinajstić information content (AvgIpc) is 3.18. The van der Waals surface area contributed by atoms with E-state index in [2.05, 4.69) is 56.3 Å². The quantitative estimate of drug-likeness (QED) is 0.346. The Kier molecular flexibility index (Phi) is 8.81. The maximum Gasteiger partial charge on any atom is -0.0253 e. The van der Waals surface area contributed by atoms with Crippen LogP contribution >= 0.6 is 0 Å². The van der Waals surface area contributed by atoms with Gasteiger partial charge in [-0.25, -0.2) is 12.1 Å². The molecular weight excluding hydrogens is 355 g/mol. The standard InChI is InChI=1S/C13H9.C5H5.C3H6.CH3.Zr/c1-3-7-12-10(5-1)9-11-6-2-4-8-13(11)12;1-2-4-5-3-1;1-3-2;;/h1-5,7-8H,9H2;1-5H;1-2H3;1H3;/q2*-1;;-1;. The first-order chi connectivity index (χ1) is 10.7. The van der Waals surface area contributed by atoms with Crippen molar-refractivity contribution in [3.8, 4) is 11.1 Å². The second-order valence-electron chi connectivity index (χ2n) is 5.36. The Morgan fingerprint density at radius 3 is 2.17 bits per heavy atom. The first-order valence-electron chi connectivity index (χ1n) is 7.45. The van der Waals surface area contributed by atoms with Gasteiger partial charge in [-0.15, -0.1) is 5.56 Å². The van der Waals surface area contributed by atoms with Crippen LogP contribution in [0, 0.1) is 13.5 Å². The van der Waals surface area contributed by atoms with Gasteiger partial charge in [-0.2, -0.15) is 48.0 Å². The fourth-order valence-corrected chi connectivity index (χ4v) is 2.32. The fraction of sp³-hybridized carbons (Fsp3) is 0.136. The molecule has 118 valence electrons. The zero-order chi connectivity index (χ0) is 15.8. The Balaban J connectivity index is 0.000000223. The molecule has 4 rings (SSSR count). The smallest absolute Gasteiger partial charge is 0.0253 e. The van der Waals surface area contributed by atoms with E-state index in [0.717, 1.165) is 6.42 Å². The van der Waals surface area contributed by atoms with Crippen molar-refractivity contribution in [2.24, 2.45) is 0 Å². The maximum atomic E-state index is 3.30. The summed E-state index contributed by atoms with van der Waals surface area (Å²) in [6, 6.07) is 28.1. The van der Waals surface area contributed by atoms with Crippen LogP contribution in [0.1, 0.15) is 25.0 Å². The van der Waals surface area contributed by atoms with Gasteiger partial charge in [0.15, 0.2) is 0 Å². The first kappa shape index (κ1) is 19.6. The van der Waals surface area contributed by atoms with Gasteiger partial charge in [0.05, 0.1) is 0 Å². The molecule has 0 nitrogen and oxygen atoms in total. The van der Waals surface area contributed by atoms with Crippen molar-refractivity contribution >= 4 is 3.21 Å². The Hall–Kier alpha value is -1.46. The van der Waals surface area contributed by atoms with Crippen molar-refractivity contribution in [1.82, 2.24) is 0 Å². The van der Waals surface area contributed by atoms with Gasteiger partial charge in [-0.05, 0) is 6.42 Å². The molecule has 0 heterocycles. The molecule has 0 amide bonds. The summed E-state index contributed by atoms with van der Waals surface area (Å²) in [5.74, 6) is 0. The van der Waals surface area contributed by atoms with Crippen LogP contribution in [0.4, 0.5) is 0 Å². The molecule has 1 heteroatoms. The van der Waals surface area contributed by atoms with Gasteiger partial charge >= 0.3 is 41.3 Å². The van der Waals surface area contributed by atoms with Crippen LogP contribution in [-0.2, 0) is 30.7 Å². The van der Waals surface area contributed by atoms with Crippen LogP contribution in [-0.4, -0.2) is 3.21 Å². The molecule has 0 atom stereocenters. The molecule has 3 aromatic carbocycles. The number of benzene rings is 2. The minimum Gasteiger partial charge on any atom is -0.358 e. The van der Waals surface area contributed by atoms with Gasteiger partial charge in [0.25, 0.3) is 0 Å². The number of fused-ring (bicyclic) bond motifs is 3. The molecule has 0 radical (unpaired) electrons. The number of rotatable bonds is 0. The van der Waals surface area contributed by atoms with Crippen molar-refractivity contribution in [2.75, 3.05) is 0 Å². The first-order valence-corrected chi connectivity index (χ1v) is 8.67. The van der Waals surface area contributed by atoms with E-state index in [-0.39, 0.29) is 7.43 Å². The summed E-state index contributed by atoms with van der Waals surface area (Å²) in [5, 5.41) is 0. The minimum atomic E-state index is 0. The molecule has 0 bridgehead atoms. The zero-order valence-electron chi connectivity index (χ0n) is 14.1. The van der Waals surface area contributed by atoms with Gasteiger partial charge < -0.3 is 7.43 Å². The Labute approximate surface area is 155 Å². The van der Waals surface area contributed by atoms with Crippen LogP contribution < -0.4 is 0 Å². The molecule has 3 aromatic rings. The Bertz CT molecular complexity index is 644. The van der Waals surface area contributed by atoms with Crippen LogP contribution in [0.3, 0.4) is 0 Å². The van der Waals surface area contributed by atoms with Gasteiger partial charge in [-0.1, -0.05) is 35.4 Å². The van der Waals surface area contributed by atoms with E-state index in [4.69, 9.17) is 0 Å². The van der Waals surface area contributed by atoms with Crippen LogP contribution in [0.2, 0.25) is 0 Å². The summed E-state index contributed by atoms with van der Waals surface area (Å²) in [4.78, 5) is 0. The number of hydrogen-bond acceptors (Lipinski definition) is 0. The van der Waals surface area contributed by atoms with E-state index < -0.39 is 0 Å². The number of hydrogen-bond donors (Lipinski definition) is 0. The summed E-state index contributed by atoms with van der Waals surface area (Å²) in [7, 11) is 0. The van der Waals surface area contributed by atoms with E-state index in [1.165, 1.54) is 25.5 Å². The van der Waals surface area contributed by atoms with E-state index in [0.29, 0.717) is 0 Å². The summed E-state index contributed by atoms with van der Waals surface area (Å²) >= 11 is 1.55. The summed E-state index contributed by atoms with van der Waals surface area (Å²) < 4.78 is 1.51. The molecule has 0 unspecified atom stereocenters. The monoisotopic (exact) mass is 377 g/mol. The molecule has 0 spiro atoms. The summed E-state index contributed by atoms with van der Waals surface area (Å²) in [6.07, 6.45) is 1.05. The van der Waals surface area contributed by atoms with Crippen LogP contribution in [0.5, 0.6) is 0 Å². The maximum absolute atomic E-state index is 3.30. The van der Waals surface area contributed by atoms with E-state index in [9.17, 15) is 0 Å². The Morgan fingerprint density at radius 2 is 1.57 bits per heavy atom. The van der Waals surface area contributed by atoms with E-state index in [1.807, 2.05) is 36.4 Å². The second kappa shape index (κ2) is 10.3. The van der Waals surface area contributed by atoms with Gasteiger partial charge in [-0.3, -0.25) is 0 Å². The average molecular weight is 379 g/mol. The van der Waals surface area contributed by atoms with Crippen molar-refractivity contribution in [1.29, 1.82) is 0 Å². The third-order valence-corrected chi connectivity index (χ3v) is 3.17. The van der Waals surface area contributed by atoms with Crippen molar-refractivity contribution < 1.29 is 24.2 Å². The van der Waals surface area contributed by atoms with Gasteiger partial charge in [0.1, 0.15) is 0 Å². The topological polar surface area (TPSA) is 0 Å². The molecule has 0 aromatic heterocycles. The van der Waals surface area contributed by atoms with Crippen LogP contribution in [0.25, 0.3) is 11.1 Å².